The summed E-state index contributed by atoms with van der Waals surface area (Å²) in [5, 5.41) is 8.01. The highest BCUT2D eigenvalue weighted by Gasteiger charge is 2.18. The Balaban J connectivity index is 1.58. The van der Waals surface area contributed by atoms with Gasteiger partial charge >= 0.3 is 0 Å². The Labute approximate surface area is 263 Å². The molecule has 0 fully saturated rings. The summed E-state index contributed by atoms with van der Waals surface area (Å²) in [5.74, 6) is 0. The van der Waals surface area contributed by atoms with Gasteiger partial charge < -0.3 is 0 Å². The van der Waals surface area contributed by atoms with E-state index in [-0.39, 0.29) is 15.8 Å². The molecule has 0 aliphatic carbocycles. The maximum absolute atomic E-state index is 2.43. The topological polar surface area (TPSA) is 0 Å². The van der Waals surface area contributed by atoms with Crippen LogP contribution in [-0.2, 0) is 0 Å². The zero-order chi connectivity index (χ0) is 30.2. The Hall–Kier alpha value is -4.08. The molecule has 0 bridgehead atoms. The monoisotopic (exact) mass is 602 g/mol. The van der Waals surface area contributed by atoms with Gasteiger partial charge in [-0.3, -0.25) is 0 Å². The van der Waals surface area contributed by atoms with Crippen molar-refractivity contribution in [2.45, 2.75) is 0 Å². The molecule has 7 aromatic rings. The van der Waals surface area contributed by atoms with E-state index in [0.29, 0.717) is 0 Å². The van der Waals surface area contributed by atoms with Gasteiger partial charge in [0, 0.05) is 0 Å². The van der Waals surface area contributed by atoms with Crippen LogP contribution in [0.4, 0.5) is 0 Å². The Morgan fingerprint density at radius 2 is 0.659 bits per heavy atom. The van der Waals surface area contributed by atoms with Gasteiger partial charge in [-0.2, -0.15) is 0 Å². The predicted molar refractivity (Wildman–Crippen MR) is 200 cm³/mol. The maximum atomic E-state index is 2.43. The minimum absolute atomic E-state index is 0.165. The van der Waals surface area contributed by atoms with E-state index in [9.17, 15) is 0 Å². The average Bonchev–Trinajstić information content (AvgIpc) is 3.07. The first kappa shape index (κ1) is 28.7. The highest BCUT2D eigenvalue weighted by molar-refractivity contribution is 7.64. The molecule has 0 heterocycles. The summed E-state index contributed by atoms with van der Waals surface area (Å²) in [5.41, 5.74) is 10.2. The summed E-state index contributed by atoms with van der Waals surface area (Å²) in [4.78, 5) is 0. The molecule has 0 saturated carbocycles. The van der Waals surface area contributed by atoms with Crippen LogP contribution < -0.4 is 10.6 Å². The van der Waals surface area contributed by atoms with Gasteiger partial charge in [0.15, 0.2) is 0 Å². The zero-order valence-electron chi connectivity index (χ0n) is 25.8. The molecule has 0 aliphatic heterocycles. The summed E-state index contributed by atoms with van der Waals surface area (Å²) in [6, 6.07) is 54.3. The van der Waals surface area contributed by atoms with Crippen molar-refractivity contribution in [3.05, 3.63) is 146 Å². The molecule has 0 aliphatic rings. The van der Waals surface area contributed by atoms with E-state index >= 15 is 0 Å². The van der Waals surface area contributed by atoms with Gasteiger partial charge in [0.05, 0.1) is 0 Å². The largest absolute Gasteiger partial charge is 0.0817 e. The summed E-state index contributed by atoms with van der Waals surface area (Å²) in [6.07, 6.45) is 0. The van der Waals surface area contributed by atoms with Crippen molar-refractivity contribution in [3.63, 3.8) is 0 Å². The quantitative estimate of drug-likeness (QED) is 0.131. The van der Waals surface area contributed by atoms with Crippen LogP contribution in [0.5, 0.6) is 0 Å². The highest BCUT2D eigenvalue weighted by Crippen LogP contribution is 2.46. The molecular formula is C42H36P2. The molecule has 0 unspecified atom stereocenters. The average molecular weight is 603 g/mol. The zero-order valence-corrected chi connectivity index (χ0v) is 27.5. The molecule has 0 N–H and O–H groups in total. The van der Waals surface area contributed by atoms with Gasteiger partial charge in [-0.1, -0.05) is 137 Å². The molecule has 214 valence electrons. The maximum Gasteiger partial charge on any atom is -0.00261 e. The Morgan fingerprint density at radius 3 is 1.05 bits per heavy atom. The number of rotatable bonds is 6. The highest BCUT2D eigenvalue weighted by atomic mass is 31.1. The Bertz CT molecular complexity index is 1950. The second-order valence-electron chi connectivity index (χ2n) is 11.9. The molecule has 7 aromatic carbocycles. The lowest BCUT2D eigenvalue weighted by Crippen LogP contribution is -1.99. The molecule has 2 heteroatoms. The molecule has 0 radical (unpaired) electrons. The van der Waals surface area contributed by atoms with Crippen molar-refractivity contribution in [1.82, 2.24) is 0 Å². The van der Waals surface area contributed by atoms with Crippen LogP contribution in [0.25, 0.3) is 66.1 Å². The van der Waals surface area contributed by atoms with Gasteiger partial charge in [-0.05, 0) is 128 Å². The molecule has 44 heavy (non-hydrogen) atoms. The lowest BCUT2D eigenvalue weighted by atomic mass is 9.84. The molecule has 0 saturated heterocycles. The van der Waals surface area contributed by atoms with Gasteiger partial charge in [0.1, 0.15) is 0 Å². The number of hydrogen-bond acceptors (Lipinski definition) is 0. The van der Waals surface area contributed by atoms with Crippen LogP contribution in [0.3, 0.4) is 0 Å². The van der Waals surface area contributed by atoms with Crippen molar-refractivity contribution >= 4 is 48.0 Å². The fourth-order valence-electron chi connectivity index (χ4n) is 6.35. The molecule has 7 rings (SSSR count). The third-order valence-corrected chi connectivity index (χ3v) is 11.3. The van der Waals surface area contributed by atoms with Crippen LogP contribution in [0.1, 0.15) is 0 Å². The first-order valence-electron chi connectivity index (χ1n) is 15.2. The Kier molecular flexibility index (Phi) is 7.91. The summed E-state index contributed by atoms with van der Waals surface area (Å²) in [7, 11) is -0.331. The fraction of sp³-hybridized carbons (Fsp3) is 0.0952. The van der Waals surface area contributed by atoms with E-state index in [4.69, 9.17) is 0 Å². The minimum Gasteiger partial charge on any atom is -0.0817 e. The van der Waals surface area contributed by atoms with Crippen LogP contribution in [0.2, 0.25) is 0 Å². The van der Waals surface area contributed by atoms with Crippen molar-refractivity contribution in [3.8, 4) is 44.5 Å². The molecular weight excluding hydrogens is 566 g/mol. The van der Waals surface area contributed by atoms with Gasteiger partial charge in [0.2, 0.25) is 0 Å². The first-order valence-corrected chi connectivity index (χ1v) is 19.6. The van der Waals surface area contributed by atoms with Crippen molar-refractivity contribution in [2.75, 3.05) is 26.7 Å². The summed E-state index contributed by atoms with van der Waals surface area (Å²) >= 11 is 0. The minimum atomic E-state index is -0.165. The summed E-state index contributed by atoms with van der Waals surface area (Å²) < 4.78 is 0. The number of fused-ring (bicyclic) bond motifs is 2. The van der Waals surface area contributed by atoms with Crippen LogP contribution in [-0.4, -0.2) is 26.7 Å². The normalized spacial score (nSPS) is 11.6. The standard InChI is InChI=1S/C42H36P2/c1-43(2)35-19-11-17-31(25-35)33-21-23-37-39(27-33)41(29-13-7-5-8-14-29)38-24-22-34(32-18-12-20-36(26-32)44(3)4)28-40(38)42(37)30-15-9-6-10-16-30/h5-28H,1-4H3. The SMILES string of the molecule is CP(C)c1cccc(-c2ccc3c(-c4ccccc4)c4cc(-c5cccc(P(C)C)c5)ccc4c(-c4ccccc4)c3c2)c1. The van der Waals surface area contributed by atoms with E-state index in [0.717, 1.165) is 0 Å². The van der Waals surface area contributed by atoms with Crippen molar-refractivity contribution in [2.24, 2.45) is 0 Å². The molecule has 0 aromatic heterocycles. The molecule has 0 spiro atoms. The predicted octanol–water partition coefficient (Wildman–Crippen LogP) is 11.4. The third-order valence-electron chi connectivity index (χ3n) is 8.63. The second kappa shape index (κ2) is 12.1. The van der Waals surface area contributed by atoms with Crippen molar-refractivity contribution in [1.29, 1.82) is 0 Å². The van der Waals surface area contributed by atoms with Gasteiger partial charge in [0.25, 0.3) is 0 Å². The van der Waals surface area contributed by atoms with Gasteiger partial charge in [-0.15, -0.1) is 0 Å². The van der Waals surface area contributed by atoms with Gasteiger partial charge in [-0.25, -0.2) is 0 Å². The van der Waals surface area contributed by atoms with E-state index in [2.05, 4.69) is 172 Å². The first-order chi connectivity index (χ1) is 21.5. The van der Waals surface area contributed by atoms with Crippen LogP contribution in [0, 0.1) is 0 Å². The molecule has 0 nitrogen and oxygen atoms in total. The third kappa shape index (κ3) is 5.39. The second-order valence-corrected chi connectivity index (χ2v) is 16.5. The van der Waals surface area contributed by atoms with E-state index in [1.807, 2.05) is 0 Å². The van der Waals surface area contributed by atoms with E-state index in [1.54, 1.807) is 0 Å². The van der Waals surface area contributed by atoms with Crippen LogP contribution >= 0.6 is 15.8 Å². The van der Waals surface area contributed by atoms with Crippen LogP contribution in [0.15, 0.2) is 146 Å². The smallest absolute Gasteiger partial charge is 0.00261 e. The Morgan fingerprint density at radius 1 is 0.295 bits per heavy atom. The summed E-state index contributed by atoms with van der Waals surface area (Å²) in [6.45, 7) is 9.31. The van der Waals surface area contributed by atoms with E-state index in [1.165, 1.54) is 76.7 Å². The lowest BCUT2D eigenvalue weighted by molar-refractivity contribution is 1.63. The number of hydrogen-bond donors (Lipinski definition) is 0. The fourth-order valence-corrected chi connectivity index (χ4v) is 7.91. The molecule has 0 atom stereocenters. The lowest BCUT2D eigenvalue weighted by Gasteiger charge is -2.20. The number of benzene rings is 7. The van der Waals surface area contributed by atoms with E-state index < -0.39 is 0 Å². The van der Waals surface area contributed by atoms with Crippen molar-refractivity contribution < 1.29 is 0 Å². The molecule has 0 amide bonds.